The zero-order valence-corrected chi connectivity index (χ0v) is 14.2. The maximum atomic E-state index is 12.4. The monoisotopic (exact) mass is 331 g/mol. The number of rotatable bonds is 4. The minimum atomic E-state index is -0.217. The molecule has 1 fully saturated rings. The third kappa shape index (κ3) is 3.34. The molecule has 1 unspecified atom stereocenters. The fourth-order valence-electron chi connectivity index (χ4n) is 2.66. The molecule has 0 spiro atoms. The van der Waals surface area contributed by atoms with Crippen LogP contribution in [0.1, 0.15) is 25.3 Å². The summed E-state index contributed by atoms with van der Waals surface area (Å²) in [5.74, 6) is 6.87. The van der Waals surface area contributed by atoms with Crippen molar-refractivity contribution in [1.29, 1.82) is 0 Å². The summed E-state index contributed by atoms with van der Waals surface area (Å²) in [5, 5.41) is 8.65. The summed E-state index contributed by atoms with van der Waals surface area (Å²) in [4.78, 5) is 14.3. The molecule has 3 rings (SSSR count). The average Bonchev–Trinajstić information content (AvgIpc) is 3.19. The van der Waals surface area contributed by atoms with E-state index in [9.17, 15) is 4.79 Å². The van der Waals surface area contributed by atoms with Gasteiger partial charge in [-0.15, -0.1) is 10.2 Å². The second kappa shape index (κ2) is 6.62. The number of hydrogen-bond acceptors (Lipinski definition) is 5. The van der Waals surface area contributed by atoms with Crippen LogP contribution in [0.5, 0.6) is 0 Å². The number of aromatic nitrogens is 3. The highest BCUT2D eigenvalue weighted by atomic mass is 32.2. The lowest BCUT2D eigenvalue weighted by atomic mass is 10.1. The maximum Gasteiger partial charge on any atom is 0.235 e. The van der Waals surface area contributed by atoms with Gasteiger partial charge >= 0.3 is 0 Å². The molecule has 7 heteroatoms. The highest BCUT2D eigenvalue weighted by Crippen LogP contribution is 2.26. The predicted octanol–water partition coefficient (Wildman–Crippen LogP) is 2.07. The number of carbonyl (C=O) groups is 1. The molecular weight excluding hydrogens is 310 g/mol. The van der Waals surface area contributed by atoms with Crippen molar-refractivity contribution >= 4 is 17.7 Å². The summed E-state index contributed by atoms with van der Waals surface area (Å²) >= 11 is 1.36. The largest absolute Gasteiger partial charge is 0.342 e. The number of nitrogens with zero attached hydrogens (tertiary/aromatic N) is 4. The average molecular weight is 331 g/mol. The fourth-order valence-corrected chi connectivity index (χ4v) is 3.51. The van der Waals surface area contributed by atoms with E-state index in [1.807, 2.05) is 43.0 Å². The normalized spacial score (nSPS) is 15.8. The van der Waals surface area contributed by atoms with Gasteiger partial charge in [-0.3, -0.25) is 4.79 Å². The van der Waals surface area contributed by atoms with Crippen LogP contribution in [0.2, 0.25) is 0 Å². The molecule has 1 atom stereocenters. The van der Waals surface area contributed by atoms with Crippen molar-refractivity contribution in [2.45, 2.75) is 37.1 Å². The first kappa shape index (κ1) is 15.9. The van der Waals surface area contributed by atoms with Gasteiger partial charge in [0.25, 0.3) is 0 Å². The molecular formula is C16H21N5OS. The minimum absolute atomic E-state index is 0.146. The van der Waals surface area contributed by atoms with Gasteiger partial charge in [0, 0.05) is 18.7 Å². The van der Waals surface area contributed by atoms with Crippen molar-refractivity contribution in [2.24, 2.45) is 0 Å². The van der Waals surface area contributed by atoms with Crippen molar-refractivity contribution in [3.8, 4) is 11.4 Å². The van der Waals surface area contributed by atoms with E-state index in [-0.39, 0.29) is 11.2 Å². The fraction of sp³-hybridized carbons (Fsp3) is 0.438. The van der Waals surface area contributed by atoms with E-state index in [2.05, 4.69) is 10.2 Å². The molecule has 1 aliphatic rings. The number of aryl methyl sites for hydroxylation is 1. The number of amides is 1. The Morgan fingerprint density at radius 1 is 1.22 bits per heavy atom. The van der Waals surface area contributed by atoms with Crippen molar-refractivity contribution in [3.63, 3.8) is 0 Å². The van der Waals surface area contributed by atoms with Gasteiger partial charge in [-0.25, -0.2) is 4.68 Å². The van der Waals surface area contributed by atoms with Crippen LogP contribution in [0, 0.1) is 6.92 Å². The van der Waals surface area contributed by atoms with Crippen molar-refractivity contribution in [3.05, 3.63) is 29.8 Å². The number of thioether (sulfide) groups is 1. The van der Waals surface area contributed by atoms with Crippen LogP contribution in [0.25, 0.3) is 11.4 Å². The summed E-state index contributed by atoms with van der Waals surface area (Å²) in [6, 6.07) is 7.96. The molecule has 0 bridgehead atoms. The zero-order chi connectivity index (χ0) is 16.4. The van der Waals surface area contributed by atoms with E-state index in [4.69, 9.17) is 5.84 Å². The number of carbonyl (C=O) groups excluding carboxylic acids is 1. The van der Waals surface area contributed by atoms with Crippen LogP contribution in [0.15, 0.2) is 29.4 Å². The van der Waals surface area contributed by atoms with Crippen molar-refractivity contribution in [2.75, 3.05) is 18.9 Å². The van der Waals surface area contributed by atoms with Crippen LogP contribution in [-0.4, -0.2) is 44.0 Å². The van der Waals surface area contributed by atoms with Gasteiger partial charge in [-0.1, -0.05) is 41.6 Å². The van der Waals surface area contributed by atoms with Gasteiger partial charge in [-0.05, 0) is 26.7 Å². The van der Waals surface area contributed by atoms with Crippen LogP contribution in [0.4, 0.5) is 0 Å². The topological polar surface area (TPSA) is 77.0 Å². The lowest BCUT2D eigenvalue weighted by Crippen LogP contribution is -2.34. The van der Waals surface area contributed by atoms with Crippen molar-refractivity contribution < 1.29 is 4.79 Å². The quantitative estimate of drug-likeness (QED) is 0.685. The molecule has 1 aromatic heterocycles. The minimum Gasteiger partial charge on any atom is -0.342 e. The summed E-state index contributed by atoms with van der Waals surface area (Å²) < 4.78 is 1.46. The number of nitrogens with two attached hydrogens (primary N) is 1. The highest BCUT2D eigenvalue weighted by Gasteiger charge is 2.26. The van der Waals surface area contributed by atoms with Crippen molar-refractivity contribution in [1.82, 2.24) is 19.8 Å². The first-order valence-electron chi connectivity index (χ1n) is 7.79. The number of likely N-dealkylation sites (tertiary alicyclic amines) is 1. The lowest BCUT2D eigenvalue weighted by molar-refractivity contribution is -0.129. The van der Waals surface area contributed by atoms with Crippen LogP contribution in [-0.2, 0) is 4.79 Å². The Morgan fingerprint density at radius 3 is 2.52 bits per heavy atom. The van der Waals surface area contributed by atoms with E-state index in [0.29, 0.717) is 11.0 Å². The van der Waals surface area contributed by atoms with E-state index >= 15 is 0 Å². The Hall–Kier alpha value is -2.02. The smallest absolute Gasteiger partial charge is 0.235 e. The summed E-state index contributed by atoms with van der Waals surface area (Å²) in [6.45, 7) is 5.64. The second-order valence-corrected chi connectivity index (χ2v) is 7.14. The van der Waals surface area contributed by atoms with Gasteiger partial charge in [0.15, 0.2) is 5.82 Å². The molecule has 1 aromatic carbocycles. The molecule has 2 heterocycles. The molecule has 0 saturated carbocycles. The molecule has 2 aromatic rings. The third-order valence-corrected chi connectivity index (χ3v) is 5.07. The standard InChI is InChI=1S/C16H21N5OS/c1-11-5-7-13(8-6-11)14-18-19-16(21(14)17)23-12(2)15(22)20-9-3-4-10-20/h5-8,12H,3-4,9-10,17H2,1-2H3. The van der Waals surface area contributed by atoms with Gasteiger partial charge in [0.2, 0.25) is 11.1 Å². The third-order valence-electron chi connectivity index (χ3n) is 4.02. The Kier molecular flexibility index (Phi) is 4.56. The molecule has 6 nitrogen and oxygen atoms in total. The molecule has 1 amide bonds. The first-order chi connectivity index (χ1) is 11.1. The molecule has 2 N–H and O–H groups in total. The summed E-state index contributed by atoms with van der Waals surface area (Å²) in [7, 11) is 0. The number of hydrogen-bond donors (Lipinski definition) is 1. The van der Waals surface area contributed by atoms with Gasteiger partial charge in [0.05, 0.1) is 5.25 Å². The summed E-state index contributed by atoms with van der Waals surface area (Å²) in [5.41, 5.74) is 2.09. The Labute approximate surface area is 140 Å². The van der Waals surface area contributed by atoms with Crippen LogP contribution in [0.3, 0.4) is 0 Å². The highest BCUT2D eigenvalue weighted by molar-refractivity contribution is 8.00. The van der Waals surface area contributed by atoms with Crippen LogP contribution < -0.4 is 5.84 Å². The maximum absolute atomic E-state index is 12.4. The molecule has 23 heavy (non-hydrogen) atoms. The molecule has 1 aliphatic heterocycles. The molecule has 1 saturated heterocycles. The molecule has 122 valence electrons. The first-order valence-corrected chi connectivity index (χ1v) is 8.67. The lowest BCUT2D eigenvalue weighted by Gasteiger charge is -2.19. The van der Waals surface area contributed by atoms with E-state index in [0.717, 1.165) is 31.5 Å². The predicted molar refractivity (Wildman–Crippen MR) is 91.5 cm³/mol. The Bertz CT molecular complexity index is 691. The number of nitrogen functional groups attached to an aromatic ring is 1. The van der Waals surface area contributed by atoms with E-state index < -0.39 is 0 Å². The van der Waals surface area contributed by atoms with Gasteiger partial charge < -0.3 is 10.7 Å². The van der Waals surface area contributed by atoms with Gasteiger partial charge in [-0.2, -0.15) is 0 Å². The SMILES string of the molecule is Cc1ccc(-c2nnc(SC(C)C(=O)N3CCCC3)n2N)cc1. The van der Waals surface area contributed by atoms with E-state index in [1.54, 1.807) is 0 Å². The molecule has 0 radical (unpaired) electrons. The molecule has 0 aliphatic carbocycles. The van der Waals surface area contributed by atoms with Gasteiger partial charge in [0.1, 0.15) is 0 Å². The van der Waals surface area contributed by atoms with E-state index in [1.165, 1.54) is 22.0 Å². The summed E-state index contributed by atoms with van der Waals surface area (Å²) in [6.07, 6.45) is 2.18. The van der Waals surface area contributed by atoms with Crippen LogP contribution >= 0.6 is 11.8 Å². The Morgan fingerprint density at radius 2 is 1.87 bits per heavy atom. The Balaban J connectivity index is 1.74. The number of benzene rings is 1. The second-order valence-electron chi connectivity index (χ2n) is 5.83. The zero-order valence-electron chi connectivity index (χ0n) is 13.4.